The van der Waals surface area contributed by atoms with E-state index in [0.717, 1.165) is 11.8 Å². The standard InChI is InChI=1S/C39H28/c1-2-9-26(10-3-1)27-17-21-29(22-18-27)38-33-12-4-6-14-35(33)39(36-15-7-5-13-34(36)38)30-23-19-28(20-24-30)32-16-8-11-31-25-37(31)32/h1-24,31,37H,25H2. The molecule has 2 aliphatic carbocycles. The minimum absolute atomic E-state index is 0.718. The molecule has 6 aromatic carbocycles. The van der Waals surface area contributed by atoms with Crippen molar-refractivity contribution >= 4 is 27.1 Å². The quantitative estimate of drug-likeness (QED) is 0.213. The molecule has 8 rings (SSSR count). The van der Waals surface area contributed by atoms with E-state index >= 15 is 0 Å². The van der Waals surface area contributed by atoms with E-state index in [1.807, 2.05) is 0 Å². The molecule has 0 aliphatic heterocycles. The molecule has 1 saturated carbocycles. The Balaban J connectivity index is 1.30. The van der Waals surface area contributed by atoms with E-state index in [1.54, 1.807) is 0 Å². The molecule has 2 aliphatic rings. The van der Waals surface area contributed by atoms with Gasteiger partial charge in [-0.2, -0.15) is 0 Å². The van der Waals surface area contributed by atoms with Crippen LogP contribution in [0.2, 0.25) is 0 Å². The minimum Gasteiger partial charge on any atom is -0.0808 e. The Morgan fingerprint density at radius 2 is 0.846 bits per heavy atom. The molecule has 39 heavy (non-hydrogen) atoms. The van der Waals surface area contributed by atoms with Crippen LogP contribution in [0.5, 0.6) is 0 Å². The first kappa shape index (κ1) is 22.3. The van der Waals surface area contributed by atoms with Crippen molar-refractivity contribution in [3.8, 4) is 33.4 Å². The van der Waals surface area contributed by atoms with E-state index in [1.165, 1.54) is 72.5 Å². The number of fused-ring (bicyclic) bond motifs is 3. The number of allylic oxidation sites excluding steroid dienone is 4. The van der Waals surface area contributed by atoms with Crippen molar-refractivity contribution in [3.05, 3.63) is 151 Å². The van der Waals surface area contributed by atoms with E-state index < -0.39 is 0 Å². The van der Waals surface area contributed by atoms with Crippen LogP contribution in [0.15, 0.2) is 146 Å². The Morgan fingerprint density at radius 3 is 1.38 bits per heavy atom. The van der Waals surface area contributed by atoms with Gasteiger partial charge in [0.2, 0.25) is 0 Å². The fourth-order valence-corrected chi connectivity index (χ4v) is 6.56. The van der Waals surface area contributed by atoms with Gasteiger partial charge in [0, 0.05) is 0 Å². The summed E-state index contributed by atoms with van der Waals surface area (Å²) >= 11 is 0. The van der Waals surface area contributed by atoms with Gasteiger partial charge in [0.25, 0.3) is 0 Å². The molecule has 0 N–H and O–H groups in total. The summed E-state index contributed by atoms with van der Waals surface area (Å²) in [5.74, 6) is 1.47. The van der Waals surface area contributed by atoms with E-state index in [9.17, 15) is 0 Å². The third-order valence-corrected chi connectivity index (χ3v) is 8.59. The molecule has 0 radical (unpaired) electrons. The number of rotatable bonds is 4. The van der Waals surface area contributed by atoms with Crippen molar-refractivity contribution in [2.75, 3.05) is 0 Å². The summed E-state index contributed by atoms with van der Waals surface area (Å²) in [5.41, 5.74) is 10.5. The van der Waals surface area contributed by atoms with Crippen molar-refractivity contribution in [1.29, 1.82) is 0 Å². The second-order valence-electron chi connectivity index (χ2n) is 10.9. The van der Waals surface area contributed by atoms with Crippen LogP contribution in [-0.2, 0) is 0 Å². The highest BCUT2D eigenvalue weighted by Crippen LogP contribution is 2.51. The van der Waals surface area contributed by atoms with Crippen LogP contribution in [0.4, 0.5) is 0 Å². The largest absolute Gasteiger partial charge is 0.0808 e. The zero-order valence-electron chi connectivity index (χ0n) is 21.7. The molecular formula is C39H28. The highest BCUT2D eigenvalue weighted by atomic mass is 14.4. The number of benzene rings is 6. The molecule has 0 aromatic heterocycles. The molecule has 6 aromatic rings. The molecule has 184 valence electrons. The fourth-order valence-electron chi connectivity index (χ4n) is 6.56. The van der Waals surface area contributed by atoms with Crippen LogP contribution < -0.4 is 0 Å². The van der Waals surface area contributed by atoms with E-state index in [2.05, 4.69) is 146 Å². The Morgan fingerprint density at radius 1 is 0.410 bits per heavy atom. The maximum Gasteiger partial charge on any atom is -0.00264 e. The van der Waals surface area contributed by atoms with Crippen LogP contribution in [-0.4, -0.2) is 0 Å². The SMILES string of the molecule is C1=CC2CC2C(c2ccc(-c3c4ccccc4c(-c4ccc(-c5ccccc5)cc4)c4ccccc34)cc2)=C1. The van der Waals surface area contributed by atoms with Gasteiger partial charge in [0.05, 0.1) is 0 Å². The zero-order chi connectivity index (χ0) is 25.8. The summed E-state index contributed by atoms with van der Waals surface area (Å²) < 4.78 is 0. The normalized spacial score (nSPS) is 17.7. The van der Waals surface area contributed by atoms with Crippen LogP contribution >= 0.6 is 0 Å². The van der Waals surface area contributed by atoms with Gasteiger partial charge in [0.1, 0.15) is 0 Å². The average Bonchev–Trinajstić information content (AvgIpc) is 3.81. The maximum atomic E-state index is 2.36. The van der Waals surface area contributed by atoms with E-state index in [0.29, 0.717) is 0 Å². The molecule has 0 bridgehead atoms. The fraction of sp³-hybridized carbons (Fsp3) is 0.0769. The Bertz CT molecular complexity index is 1850. The second-order valence-corrected chi connectivity index (χ2v) is 10.9. The lowest BCUT2D eigenvalue weighted by molar-refractivity contribution is 0.999. The first-order valence-electron chi connectivity index (χ1n) is 13.9. The Labute approximate surface area is 229 Å². The summed E-state index contributed by atoms with van der Waals surface area (Å²) in [5, 5.41) is 5.19. The number of hydrogen-bond donors (Lipinski definition) is 0. The molecule has 2 atom stereocenters. The number of hydrogen-bond acceptors (Lipinski definition) is 0. The van der Waals surface area contributed by atoms with Gasteiger partial charge in [-0.3, -0.25) is 0 Å². The van der Waals surface area contributed by atoms with Crippen LogP contribution in [0.3, 0.4) is 0 Å². The molecule has 0 heterocycles. The van der Waals surface area contributed by atoms with Crippen LogP contribution in [0.1, 0.15) is 12.0 Å². The first-order valence-corrected chi connectivity index (χ1v) is 13.9. The summed E-state index contributed by atoms with van der Waals surface area (Å²) in [6, 6.07) is 46.8. The monoisotopic (exact) mass is 496 g/mol. The maximum absolute atomic E-state index is 2.36. The van der Waals surface area contributed by atoms with Gasteiger partial charge >= 0.3 is 0 Å². The Hall–Kier alpha value is -4.68. The highest BCUT2D eigenvalue weighted by Gasteiger charge is 2.39. The summed E-state index contributed by atoms with van der Waals surface area (Å²) in [7, 11) is 0. The highest BCUT2D eigenvalue weighted by molar-refractivity contribution is 6.21. The van der Waals surface area contributed by atoms with E-state index in [4.69, 9.17) is 0 Å². The minimum atomic E-state index is 0.718. The lowest BCUT2D eigenvalue weighted by Gasteiger charge is -2.18. The summed E-state index contributed by atoms with van der Waals surface area (Å²) in [4.78, 5) is 0. The van der Waals surface area contributed by atoms with Crippen molar-refractivity contribution in [2.45, 2.75) is 6.42 Å². The predicted octanol–water partition coefficient (Wildman–Crippen LogP) is 10.6. The predicted molar refractivity (Wildman–Crippen MR) is 166 cm³/mol. The molecule has 0 saturated heterocycles. The molecule has 0 heteroatoms. The van der Waals surface area contributed by atoms with Crippen LogP contribution in [0.25, 0.3) is 60.5 Å². The third kappa shape index (κ3) is 3.75. The smallest absolute Gasteiger partial charge is 0.00264 e. The topological polar surface area (TPSA) is 0 Å². The van der Waals surface area contributed by atoms with Gasteiger partial charge < -0.3 is 0 Å². The molecular weight excluding hydrogens is 468 g/mol. The Kier molecular flexibility index (Phi) is 5.13. The van der Waals surface area contributed by atoms with Crippen molar-refractivity contribution in [2.24, 2.45) is 11.8 Å². The molecule has 1 fully saturated rings. The molecule has 0 amide bonds. The van der Waals surface area contributed by atoms with Gasteiger partial charge in [0.15, 0.2) is 0 Å². The van der Waals surface area contributed by atoms with Crippen molar-refractivity contribution < 1.29 is 0 Å². The molecule has 2 unspecified atom stereocenters. The molecule has 0 nitrogen and oxygen atoms in total. The average molecular weight is 497 g/mol. The van der Waals surface area contributed by atoms with Gasteiger partial charge in [-0.15, -0.1) is 0 Å². The van der Waals surface area contributed by atoms with Gasteiger partial charge in [-0.25, -0.2) is 0 Å². The third-order valence-electron chi connectivity index (χ3n) is 8.59. The van der Waals surface area contributed by atoms with Gasteiger partial charge in [-0.1, -0.05) is 146 Å². The van der Waals surface area contributed by atoms with Crippen LogP contribution in [0, 0.1) is 11.8 Å². The summed E-state index contributed by atoms with van der Waals surface area (Å²) in [6.45, 7) is 0. The van der Waals surface area contributed by atoms with Gasteiger partial charge in [-0.05, 0) is 84.3 Å². The van der Waals surface area contributed by atoms with E-state index in [-0.39, 0.29) is 0 Å². The van der Waals surface area contributed by atoms with Crippen molar-refractivity contribution in [3.63, 3.8) is 0 Å². The second kappa shape index (κ2) is 8.96. The lowest BCUT2D eigenvalue weighted by Crippen LogP contribution is -1.93. The summed E-state index contributed by atoms with van der Waals surface area (Å²) in [6.07, 6.45) is 8.21. The first-order chi connectivity index (χ1) is 19.3. The lowest BCUT2D eigenvalue weighted by atomic mass is 9.85. The van der Waals surface area contributed by atoms with Crippen molar-refractivity contribution in [1.82, 2.24) is 0 Å². The molecule has 0 spiro atoms. The zero-order valence-corrected chi connectivity index (χ0v) is 21.7.